The highest BCUT2D eigenvalue weighted by atomic mass is 16.4. The number of carboxylic acids is 1. The lowest BCUT2D eigenvalue weighted by Gasteiger charge is -2.04. The van der Waals surface area contributed by atoms with E-state index in [2.05, 4.69) is 15.4 Å². The highest BCUT2D eigenvalue weighted by Gasteiger charge is 2.12. The molecule has 0 aliphatic rings. The van der Waals surface area contributed by atoms with E-state index in [1.807, 2.05) is 6.92 Å². The van der Waals surface area contributed by atoms with E-state index in [-0.39, 0.29) is 5.69 Å². The lowest BCUT2D eigenvalue weighted by Crippen LogP contribution is -2.07. The Bertz CT molecular complexity index is 532. The molecule has 0 saturated heterocycles. The van der Waals surface area contributed by atoms with Gasteiger partial charge in [-0.2, -0.15) is 9.61 Å². The molecule has 0 bridgehead atoms. The van der Waals surface area contributed by atoms with Crippen molar-refractivity contribution in [3.8, 4) is 0 Å². The van der Waals surface area contributed by atoms with Gasteiger partial charge in [0.1, 0.15) is 5.82 Å². The zero-order valence-electron chi connectivity index (χ0n) is 8.35. The van der Waals surface area contributed by atoms with Crippen LogP contribution in [0.15, 0.2) is 12.3 Å². The van der Waals surface area contributed by atoms with Gasteiger partial charge in [-0.15, -0.1) is 0 Å². The van der Waals surface area contributed by atoms with Crippen LogP contribution in [-0.4, -0.2) is 32.7 Å². The van der Waals surface area contributed by atoms with Crippen molar-refractivity contribution in [1.82, 2.24) is 14.6 Å². The first-order chi connectivity index (χ1) is 7.13. The predicted octanol–water partition coefficient (Wildman–Crippen LogP) is 0.778. The van der Waals surface area contributed by atoms with Crippen molar-refractivity contribution in [2.75, 3.05) is 12.4 Å². The van der Waals surface area contributed by atoms with E-state index in [0.29, 0.717) is 11.5 Å². The molecule has 2 aromatic rings. The number of anilines is 1. The number of hydrogen-bond acceptors (Lipinski definition) is 4. The fourth-order valence-corrected chi connectivity index (χ4v) is 1.36. The number of aromatic carboxylic acids is 1. The summed E-state index contributed by atoms with van der Waals surface area (Å²) >= 11 is 0. The number of rotatable bonds is 2. The standard InChI is InChI=1S/C9H10N4O2/c1-5-4-11-13-7(10-2)3-6(9(14)15)12-8(5)13/h3-4,10H,1-2H3,(H,14,15). The highest BCUT2D eigenvalue weighted by molar-refractivity contribution is 5.87. The third-order valence-electron chi connectivity index (χ3n) is 2.12. The van der Waals surface area contributed by atoms with E-state index in [1.54, 1.807) is 17.8 Å². The van der Waals surface area contributed by atoms with Crippen LogP contribution < -0.4 is 5.32 Å². The molecule has 0 aliphatic carbocycles. The summed E-state index contributed by atoms with van der Waals surface area (Å²) in [6.07, 6.45) is 1.65. The number of aryl methyl sites for hydroxylation is 1. The maximum absolute atomic E-state index is 10.8. The van der Waals surface area contributed by atoms with Crippen molar-refractivity contribution in [1.29, 1.82) is 0 Å². The smallest absolute Gasteiger partial charge is 0.354 e. The molecule has 0 fully saturated rings. The SMILES string of the molecule is CNc1cc(C(=O)O)nc2c(C)cnn12. The van der Waals surface area contributed by atoms with Crippen LogP contribution in [0, 0.1) is 6.92 Å². The molecule has 0 unspecified atom stereocenters. The minimum atomic E-state index is -1.05. The second-order valence-corrected chi connectivity index (χ2v) is 3.14. The van der Waals surface area contributed by atoms with Crippen molar-refractivity contribution in [2.45, 2.75) is 6.92 Å². The van der Waals surface area contributed by atoms with Crippen LogP contribution in [0.25, 0.3) is 5.65 Å². The van der Waals surface area contributed by atoms with Crippen LogP contribution in [0.1, 0.15) is 16.1 Å². The van der Waals surface area contributed by atoms with Gasteiger partial charge in [0.15, 0.2) is 11.3 Å². The summed E-state index contributed by atoms with van der Waals surface area (Å²) in [4.78, 5) is 14.8. The zero-order chi connectivity index (χ0) is 11.0. The number of nitrogens with zero attached hydrogens (tertiary/aromatic N) is 3. The second-order valence-electron chi connectivity index (χ2n) is 3.14. The summed E-state index contributed by atoms with van der Waals surface area (Å²) in [5.41, 5.74) is 1.41. The van der Waals surface area contributed by atoms with E-state index in [4.69, 9.17) is 5.11 Å². The topological polar surface area (TPSA) is 79.5 Å². The molecule has 0 radical (unpaired) electrons. The Morgan fingerprint density at radius 2 is 2.33 bits per heavy atom. The summed E-state index contributed by atoms with van der Waals surface area (Å²) in [7, 11) is 1.71. The minimum Gasteiger partial charge on any atom is -0.477 e. The lowest BCUT2D eigenvalue weighted by atomic mass is 10.3. The molecule has 0 spiro atoms. The van der Waals surface area contributed by atoms with E-state index >= 15 is 0 Å². The Hall–Kier alpha value is -2.11. The summed E-state index contributed by atoms with van der Waals surface area (Å²) in [5.74, 6) is -0.444. The molecule has 6 heteroatoms. The third-order valence-corrected chi connectivity index (χ3v) is 2.12. The van der Waals surface area contributed by atoms with Crippen molar-refractivity contribution in [3.63, 3.8) is 0 Å². The minimum absolute atomic E-state index is 0.00968. The first-order valence-corrected chi connectivity index (χ1v) is 4.40. The molecule has 0 aromatic carbocycles. The van der Waals surface area contributed by atoms with Crippen LogP contribution in [0.5, 0.6) is 0 Å². The largest absolute Gasteiger partial charge is 0.477 e. The summed E-state index contributed by atoms with van der Waals surface area (Å²) in [6.45, 7) is 1.83. The van der Waals surface area contributed by atoms with Gasteiger partial charge in [-0.1, -0.05) is 0 Å². The Morgan fingerprint density at radius 1 is 1.60 bits per heavy atom. The van der Waals surface area contributed by atoms with E-state index in [9.17, 15) is 4.79 Å². The Kier molecular flexibility index (Phi) is 2.03. The summed E-state index contributed by atoms with van der Waals surface area (Å²) < 4.78 is 1.57. The summed E-state index contributed by atoms with van der Waals surface area (Å²) in [5, 5.41) is 15.8. The van der Waals surface area contributed by atoms with E-state index < -0.39 is 5.97 Å². The number of nitrogens with one attached hydrogen (secondary N) is 1. The molecule has 2 rings (SSSR count). The van der Waals surface area contributed by atoms with Gasteiger partial charge in [0.25, 0.3) is 0 Å². The van der Waals surface area contributed by atoms with Gasteiger partial charge in [0.05, 0.1) is 6.20 Å². The fourth-order valence-electron chi connectivity index (χ4n) is 1.36. The van der Waals surface area contributed by atoms with Crippen LogP contribution in [0.4, 0.5) is 5.82 Å². The van der Waals surface area contributed by atoms with Crippen LogP contribution in [-0.2, 0) is 0 Å². The molecular formula is C9H10N4O2. The molecule has 2 aromatic heterocycles. The van der Waals surface area contributed by atoms with Gasteiger partial charge < -0.3 is 10.4 Å². The Labute approximate surface area is 85.6 Å². The molecule has 15 heavy (non-hydrogen) atoms. The lowest BCUT2D eigenvalue weighted by molar-refractivity contribution is 0.0690. The maximum Gasteiger partial charge on any atom is 0.354 e. The number of carboxylic acid groups (broad SMARTS) is 1. The van der Waals surface area contributed by atoms with Crippen LogP contribution >= 0.6 is 0 Å². The number of aromatic nitrogens is 3. The molecule has 0 amide bonds. The van der Waals surface area contributed by atoms with Gasteiger partial charge in [0, 0.05) is 18.7 Å². The van der Waals surface area contributed by atoms with E-state index in [0.717, 1.165) is 5.56 Å². The Balaban J connectivity index is 2.79. The number of fused-ring (bicyclic) bond motifs is 1. The molecule has 0 aliphatic heterocycles. The predicted molar refractivity (Wildman–Crippen MR) is 54.2 cm³/mol. The van der Waals surface area contributed by atoms with Gasteiger partial charge in [-0.3, -0.25) is 0 Å². The van der Waals surface area contributed by atoms with Gasteiger partial charge in [-0.25, -0.2) is 9.78 Å². The normalized spacial score (nSPS) is 10.5. The quantitative estimate of drug-likeness (QED) is 0.758. The van der Waals surface area contributed by atoms with E-state index in [1.165, 1.54) is 6.07 Å². The molecule has 0 atom stereocenters. The molecule has 2 heterocycles. The monoisotopic (exact) mass is 206 g/mol. The maximum atomic E-state index is 10.8. The molecular weight excluding hydrogens is 196 g/mol. The molecule has 78 valence electrons. The van der Waals surface area contributed by atoms with Gasteiger partial charge in [0.2, 0.25) is 0 Å². The average molecular weight is 206 g/mol. The highest BCUT2D eigenvalue weighted by Crippen LogP contribution is 2.14. The van der Waals surface area contributed by atoms with Gasteiger partial charge in [-0.05, 0) is 6.92 Å². The molecule has 6 nitrogen and oxygen atoms in total. The van der Waals surface area contributed by atoms with Crippen molar-refractivity contribution < 1.29 is 9.90 Å². The second kappa shape index (κ2) is 3.23. The molecule has 2 N–H and O–H groups in total. The van der Waals surface area contributed by atoms with Crippen molar-refractivity contribution in [2.24, 2.45) is 0 Å². The number of hydrogen-bond donors (Lipinski definition) is 2. The van der Waals surface area contributed by atoms with Crippen LogP contribution in [0.3, 0.4) is 0 Å². The first kappa shape index (κ1) is 9.45. The number of carbonyl (C=O) groups is 1. The first-order valence-electron chi connectivity index (χ1n) is 4.40. The van der Waals surface area contributed by atoms with Crippen molar-refractivity contribution >= 4 is 17.4 Å². The van der Waals surface area contributed by atoms with Crippen molar-refractivity contribution in [3.05, 3.63) is 23.5 Å². The zero-order valence-corrected chi connectivity index (χ0v) is 8.35. The summed E-state index contributed by atoms with van der Waals surface area (Å²) in [6, 6.07) is 1.45. The van der Waals surface area contributed by atoms with Crippen LogP contribution in [0.2, 0.25) is 0 Å². The van der Waals surface area contributed by atoms with Gasteiger partial charge >= 0.3 is 5.97 Å². The average Bonchev–Trinajstić information content (AvgIpc) is 2.59. The fraction of sp³-hybridized carbons (Fsp3) is 0.222. The third kappa shape index (κ3) is 1.39. The molecule has 0 saturated carbocycles. The Morgan fingerprint density at radius 3 is 2.93 bits per heavy atom.